The molecule has 2 aliphatic rings. The molecule has 4 atom stereocenters. The number of aliphatic hydroxyl groups excluding tert-OH is 1. The Morgan fingerprint density at radius 2 is 2.14 bits per heavy atom. The first kappa shape index (κ1) is 14.4. The lowest BCUT2D eigenvalue weighted by Gasteiger charge is -2.20. The molecular formula is C17H24N2O2. The third-order valence-electron chi connectivity index (χ3n) is 4.85. The highest BCUT2D eigenvalue weighted by molar-refractivity contribution is 5.74. The van der Waals surface area contributed by atoms with Crippen LogP contribution in [0.25, 0.3) is 0 Å². The average Bonchev–Trinajstić information content (AvgIpc) is 3.01. The van der Waals surface area contributed by atoms with Crippen molar-refractivity contribution in [1.29, 1.82) is 0 Å². The van der Waals surface area contributed by atoms with E-state index in [0.29, 0.717) is 18.4 Å². The van der Waals surface area contributed by atoms with Crippen LogP contribution in [0.2, 0.25) is 0 Å². The molecule has 2 aliphatic carbocycles. The van der Waals surface area contributed by atoms with Crippen LogP contribution in [0.15, 0.2) is 24.3 Å². The lowest BCUT2D eigenvalue weighted by molar-refractivity contribution is 0.177. The minimum atomic E-state index is -0.179. The van der Waals surface area contributed by atoms with Crippen LogP contribution >= 0.6 is 0 Å². The van der Waals surface area contributed by atoms with Gasteiger partial charge in [0.05, 0.1) is 12.1 Å². The fourth-order valence-electron chi connectivity index (χ4n) is 3.68. The van der Waals surface area contributed by atoms with Crippen molar-refractivity contribution in [2.75, 3.05) is 6.54 Å². The normalized spacial score (nSPS) is 31.0. The van der Waals surface area contributed by atoms with Crippen molar-refractivity contribution in [3.8, 4) is 0 Å². The summed E-state index contributed by atoms with van der Waals surface area (Å²) in [6.07, 6.45) is 3.52. The third kappa shape index (κ3) is 3.21. The van der Waals surface area contributed by atoms with E-state index < -0.39 is 0 Å². The molecule has 1 aromatic carbocycles. The number of urea groups is 1. The summed E-state index contributed by atoms with van der Waals surface area (Å²) in [6.45, 7) is 2.84. The molecule has 3 rings (SSSR count). The zero-order valence-corrected chi connectivity index (χ0v) is 12.5. The van der Waals surface area contributed by atoms with Crippen LogP contribution in [0.5, 0.6) is 0 Å². The second-order valence-electron chi connectivity index (χ2n) is 6.55. The van der Waals surface area contributed by atoms with Gasteiger partial charge in [0, 0.05) is 6.54 Å². The smallest absolute Gasteiger partial charge is 0.315 e. The molecule has 1 saturated carbocycles. The Morgan fingerprint density at radius 3 is 2.90 bits per heavy atom. The van der Waals surface area contributed by atoms with Crippen molar-refractivity contribution in [2.45, 2.75) is 44.8 Å². The fourth-order valence-corrected chi connectivity index (χ4v) is 3.68. The number of carbonyl (C=O) groups is 1. The van der Waals surface area contributed by atoms with Gasteiger partial charge in [-0.05, 0) is 48.6 Å². The average molecular weight is 288 g/mol. The molecule has 0 aliphatic heterocycles. The third-order valence-corrected chi connectivity index (χ3v) is 4.85. The topological polar surface area (TPSA) is 61.4 Å². The molecule has 1 aromatic rings. The van der Waals surface area contributed by atoms with Gasteiger partial charge in [-0.15, -0.1) is 0 Å². The number of aliphatic hydroxyl groups is 1. The number of hydrogen-bond acceptors (Lipinski definition) is 2. The quantitative estimate of drug-likeness (QED) is 0.799. The first-order chi connectivity index (χ1) is 10.1. The first-order valence-electron chi connectivity index (χ1n) is 7.93. The van der Waals surface area contributed by atoms with Gasteiger partial charge in [-0.1, -0.05) is 31.2 Å². The van der Waals surface area contributed by atoms with E-state index in [4.69, 9.17) is 0 Å². The van der Waals surface area contributed by atoms with Crippen LogP contribution < -0.4 is 10.6 Å². The number of nitrogens with one attached hydrogen (secondary N) is 2. The highest BCUT2D eigenvalue weighted by Crippen LogP contribution is 2.35. The van der Waals surface area contributed by atoms with E-state index >= 15 is 0 Å². The first-order valence-corrected chi connectivity index (χ1v) is 7.93. The Bertz CT molecular complexity index is 517. The summed E-state index contributed by atoms with van der Waals surface area (Å²) in [5.74, 6) is 0.848. The minimum absolute atomic E-state index is 0.0926. The van der Waals surface area contributed by atoms with Crippen molar-refractivity contribution in [3.63, 3.8) is 0 Å². The van der Waals surface area contributed by atoms with Gasteiger partial charge in [-0.25, -0.2) is 4.79 Å². The van der Waals surface area contributed by atoms with Crippen LogP contribution in [-0.2, 0) is 6.42 Å². The number of fused-ring (bicyclic) bond motifs is 1. The molecule has 0 unspecified atom stereocenters. The van der Waals surface area contributed by atoms with Crippen LogP contribution in [-0.4, -0.2) is 23.8 Å². The van der Waals surface area contributed by atoms with Crippen LogP contribution in [0, 0.1) is 11.8 Å². The summed E-state index contributed by atoms with van der Waals surface area (Å²) in [4.78, 5) is 12.1. The zero-order chi connectivity index (χ0) is 14.8. The van der Waals surface area contributed by atoms with Crippen molar-refractivity contribution in [2.24, 2.45) is 11.8 Å². The van der Waals surface area contributed by atoms with E-state index in [9.17, 15) is 9.90 Å². The van der Waals surface area contributed by atoms with Crippen LogP contribution in [0.1, 0.15) is 43.4 Å². The van der Waals surface area contributed by atoms with Gasteiger partial charge >= 0.3 is 6.03 Å². The number of amides is 2. The molecule has 2 amide bonds. The number of carbonyl (C=O) groups excluding carboxylic acids is 1. The molecule has 0 saturated heterocycles. The van der Waals surface area contributed by atoms with Gasteiger partial charge in [0.25, 0.3) is 0 Å². The van der Waals surface area contributed by atoms with Gasteiger partial charge in [-0.3, -0.25) is 0 Å². The predicted molar refractivity (Wildman–Crippen MR) is 81.9 cm³/mol. The van der Waals surface area contributed by atoms with Gasteiger partial charge in [0.2, 0.25) is 0 Å². The molecule has 0 spiro atoms. The van der Waals surface area contributed by atoms with Crippen LogP contribution in [0.3, 0.4) is 0 Å². The summed E-state index contributed by atoms with van der Waals surface area (Å²) >= 11 is 0. The molecule has 114 valence electrons. The molecule has 21 heavy (non-hydrogen) atoms. The van der Waals surface area contributed by atoms with Crippen molar-refractivity contribution in [1.82, 2.24) is 10.6 Å². The highest BCUT2D eigenvalue weighted by atomic mass is 16.3. The fraction of sp³-hybridized carbons (Fsp3) is 0.588. The monoisotopic (exact) mass is 288 g/mol. The zero-order valence-electron chi connectivity index (χ0n) is 12.5. The van der Waals surface area contributed by atoms with Gasteiger partial charge in [0.15, 0.2) is 0 Å². The van der Waals surface area contributed by atoms with E-state index in [2.05, 4.69) is 35.8 Å². The van der Waals surface area contributed by atoms with E-state index in [-0.39, 0.29) is 18.2 Å². The Balaban J connectivity index is 1.53. The largest absolute Gasteiger partial charge is 0.393 e. The summed E-state index contributed by atoms with van der Waals surface area (Å²) in [6, 6.07) is 8.35. The van der Waals surface area contributed by atoms with Gasteiger partial charge < -0.3 is 15.7 Å². The molecular weight excluding hydrogens is 264 g/mol. The van der Waals surface area contributed by atoms with E-state index in [1.165, 1.54) is 11.1 Å². The van der Waals surface area contributed by atoms with Crippen molar-refractivity contribution >= 4 is 6.03 Å². The maximum absolute atomic E-state index is 12.1. The molecule has 1 fully saturated rings. The lowest BCUT2D eigenvalue weighted by atomic mass is 10.0. The maximum Gasteiger partial charge on any atom is 0.315 e. The highest BCUT2D eigenvalue weighted by Gasteiger charge is 2.30. The van der Waals surface area contributed by atoms with E-state index in [0.717, 1.165) is 25.7 Å². The van der Waals surface area contributed by atoms with Crippen molar-refractivity contribution < 1.29 is 9.90 Å². The second-order valence-corrected chi connectivity index (χ2v) is 6.55. The molecule has 3 N–H and O–H groups in total. The van der Waals surface area contributed by atoms with Crippen molar-refractivity contribution in [3.05, 3.63) is 35.4 Å². The molecule has 0 aromatic heterocycles. The summed E-state index contributed by atoms with van der Waals surface area (Å²) < 4.78 is 0. The lowest BCUT2D eigenvalue weighted by Crippen LogP contribution is -2.40. The maximum atomic E-state index is 12.1. The summed E-state index contributed by atoms with van der Waals surface area (Å²) in [5.41, 5.74) is 2.59. The Labute approximate surface area is 125 Å². The Hall–Kier alpha value is -1.55. The number of rotatable bonds is 3. The van der Waals surface area contributed by atoms with Crippen LogP contribution in [0.4, 0.5) is 4.79 Å². The number of hydrogen-bond donors (Lipinski definition) is 3. The Kier molecular flexibility index (Phi) is 4.15. The number of benzene rings is 1. The van der Waals surface area contributed by atoms with Gasteiger partial charge in [0.1, 0.15) is 0 Å². The van der Waals surface area contributed by atoms with E-state index in [1.807, 2.05) is 6.07 Å². The summed E-state index contributed by atoms with van der Waals surface area (Å²) in [5, 5.41) is 15.6. The molecule has 4 heteroatoms. The minimum Gasteiger partial charge on any atom is -0.393 e. The molecule has 0 bridgehead atoms. The molecule has 4 nitrogen and oxygen atoms in total. The SMILES string of the molecule is C[C@@H]1Cc2ccccc2[C@@H]1NC(=O)NC[C@H]1CC[C@@H](O)C1. The second kappa shape index (κ2) is 6.06. The Morgan fingerprint density at radius 1 is 1.33 bits per heavy atom. The van der Waals surface area contributed by atoms with Gasteiger partial charge in [-0.2, -0.15) is 0 Å². The standard InChI is InChI=1S/C17H24N2O2/c1-11-8-13-4-2-3-5-15(13)16(11)19-17(21)18-10-12-6-7-14(20)9-12/h2-5,11-12,14,16,20H,6-10H2,1H3,(H2,18,19,21)/t11-,12+,14-,16-/m1/s1. The molecule has 0 radical (unpaired) electrons. The van der Waals surface area contributed by atoms with E-state index in [1.54, 1.807) is 0 Å². The predicted octanol–water partition coefficient (Wildman–Crippen LogP) is 2.38. The summed E-state index contributed by atoms with van der Waals surface area (Å²) in [7, 11) is 0. The molecule has 0 heterocycles.